The fourth-order valence-electron chi connectivity index (χ4n) is 1.26. The van der Waals surface area contributed by atoms with Gasteiger partial charge in [-0.25, -0.2) is 0 Å². The van der Waals surface area contributed by atoms with E-state index in [1.165, 1.54) is 0 Å². The Morgan fingerprint density at radius 1 is 1.50 bits per heavy atom. The molecule has 1 aromatic rings. The van der Waals surface area contributed by atoms with Gasteiger partial charge in [-0.15, -0.1) is 0 Å². The summed E-state index contributed by atoms with van der Waals surface area (Å²) in [5, 5.41) is 17.7. The lowest BCUT2D eigenvalue weighted by Gasteiger charge is -2.05. The van der Waals surface area contributed by atoms with Crippen LogP contribution in [-0.4, -0.2) is 5.11 Å². The summed E-state index contributed by atoms with van der Waals surface area (Å²) < 4.78 is 0. The molecule has 0 unspecified atom stereocenters. The Hall–Kier alpha value is -1.33. The molecule has 1 aromatic carbocycles. The summed E-state index contributed by atoms with van der Waals surface area (Å²) in [4.78, 5) is 0. The maximum absolute atomic E-state index is 9.01. The molecule has 0 aliphatic heterocycles. The van der Waals surface area contributed by atoms with Crippen molar-refractivity contribution in [2.24, 2.45) is 0 Å². The van der Waals surface area contributed by atoms with Crippen molar-refractivity contribution in [3.8, 4) is 6.07 Å². The fourth-order valence-corrected chi connectivity index (χ4v) is 1.26. The van der Waals surface area contributed by atoms with Crippen molar-refractivity contribution in [1.29, 1.82) is 5.26 Å². The third-order valence-electron chi connectivity index (χ3n) is 1.93. The topological polar surface area (TPSA) is 44.0 Å². The Morgan fingerprint density at radius 2 is 2.25 bits per heavy atom. The van der Waals surface area contributed by atoms with Gasteiger partial charge in [0.1, 0.15) is 0 Å². The molecule has 0 aliphatic rings. The van der Waals surface area contributed by atoms with Crippen LogP contribution in [0.4, 0.5) is 0 Å². The molecule has 2 nitrogen and oxygen atoms in total. The van der Waals surface area contributed by atoms with Crippen molar-refractivity contribution in [2.75, 3.05) is 0 Å². The van der Waals surface area contributed by atoms with Crippen molar-refractivity contribution in [3.63, 3.8) is 0 Å². The molecular weight excluding hydrogens is 150 g/mol. The standard InChI is InChI=1S/C10H11NO/c1-2-8-4-3-5-9(6-11)10(8)7-12/h3-5,12H,2,7H2,1H3. The largest absolute Gasteiger partial charge is 0.392 e. The van der Waals surface area contributed by atoms with E-state index in [1.807, 2.05) is 19.1 Å². The first-order valence-electron chi connectivity index (χ1n) is 3.95. The zero-order valence-electron chi connectivity index (χ0n) is 7.04. The Morgan fingerprint density at radius 3 is 2.75 bits per heavy atom. The van der Waals surface area contributed by atoms with Crippen LogP contribution in [0.3, 0.4) is 0 Å². The molecule has 0 heterocycles. The highest BCUT2D eigenvalue weighted by Crippen LogP contribution is 2.14. The zero-order chi connectivity index (χ0) is 8.97. The van der Waals surface area contributed by atoms with Crippen LogP contribution in [0, 0.1) is 11.3 Å². The summed E-state index contributed by atoms with van der Waals surface area (Å²) >= 11 is 0. The molecule has 0 aromatic heterocycles. The molecule has 1 rings (SSSR count). The summed E-state index contributed by atoms with van der Waals surface area (Å²) in [5.74, 6) is 0. The summed E-state index contributed by atoms with van der Waals surface area (Å²) in [6.45, 7) is 1.96. The van der Waals surface area contributed by atoms with E-state index >= 15 is 0 Å². The van der Waals surface area contributed by atoms with Gasteiger partial charge in [0.05, 0.1) is 18.2 Å². The maximum atomic E-state index is 9.01. The monoisotopic (exact) mass is 161 g/mol. The third-order valence-corrected chi connectivity index (χ3v) is 1.93. The van der Waals surface area contributed by atoms with E-state index in [0.29, 0.717) is 5.56 Å². The Bertz CT molecular complexity index is 312. The lowest BCUT2D eigenvalue weighted by atomic mass is 10.0. The van der Waals surface area contributed by atoms with Crippen LogP contribution in [0.5, 0.6) is 0 Å². The van der Waals surface area contributed by atoms with Crippen LogP contribution >= 0.6 is 0 Å². The van der Waals surface area contributed by atoms with Gasteiger partial charge in [0, 0.05) is 0 Å². The van der Waals surface area contributed by atoms with Gasteiger partial charge >= 0.3 is 0 Å². The predicted molar refractivity (Wildman–Crippen MR) is 46.5 cm³/mol. The average Bonchev–Trinajstić information content (AvgIpc) is 2.16. The summed E-state index contributed by atoms with van der Waals surface area (Å²) in [5.41, 5.74) is 2.40. The second-order valence-electron chi connectivity index (χ2n) is 2.57. The molecule has 0 fully saturated rings. The first-order chi connectivity index (χ1) is 5.83. The molecule has 0 amide bonds. The number of benzene rings is 1. The summed E-state index contributed by atoms with van der Waals surface area (Å²) in [7, 11) is 0. The molecule has 2 heteroatoms. The highest BCUT2D eigenvalue weighted by Gasteiger charge is 2.04. The van der Waals surface area contributed by atoms with Gasteiger partial charge < -0.3 is 5.11 Å². The lowest BCUT2D eigenvalue weighted by molar-refractivity contribution is 0.280. The van der Waals surface area contributed by atoms with Crippen LogP contribution in [0.1, 0.15) is 23.6 Å². The number of nitriles is 1. The molecule has 0 spiro atoms. The first kappa shape index (κ1) is 8.76. The number of hydrogen-bond acceptors (Lipinski definition) is 2. The number of aliphatic hydroxyl groups excluding tert-OH is 1. The van der Waals surface area contributed by atoms with E-state index in [-0.39, 0.29) is 6.61 Å². The van der Waals surface area contributed by atoms with Crippen molar-refractivity contribution in [2.45, 2.75) is 20.0 Å². The minimum Gasteiger partial charge on any atom is -0.392 e. The summed E-state index contributed by atoms with van der Waals surface area (Å²) in [6.07, 6.45) is 0.853. The molecule has 0 aliphatic carbocycles. The molecule has 62 valence electrons. The van der Waals surface area contributed by atoms with E-state index in [2.05, 4.69) is 6.07 Å². The second kappa shape index (κ2) is 3.89. The number of nitrogens with zero attached hydrogens (tertiary/aromatic N) is 1. The molecule has 0 bridgehead atoms. The van der Waals surface area contributed by atoms with E-state index in [4.69, 9.17) is 10.4 Å². The van der Waals surface area contributed by atoms with Gasteiger partial charge in [0.15, 0.2) is 0 Å². The van der Waals surface area contributed by atoms with E-state index in [9.17, 15) is 0 Å². The van der Waals surface area contributed by atoms with Crippen LogP contribution < -0.4 is 0 Å². The van der Waals surface area contributed by atoms with Gasteiger partial charge in [-0.3, -0.25) is 0 Å². The highest BCUT2D eigenvalue weighted by atomic mass is 16.3. The molecule has 0 saturated heterocycles. The van der Waals surface area contributed by atoms with Crippen LogP contribution in [0.25, 0.3) is 0 Å². The first-order valence-corrected chi connectivity index (χ1v) is 3.95. The van der Waals surface area contributed by atoms with Gasteiger partial charge in [0.25, 0.3) is 0 Å². The third kappa shape index (κ3) is 1.46. The van der Waals surface area contributed by atoms with Gasteiger partial charge in [-0.1, -0.05) is 19.1 Å². The SMILES string of the molecule is CCc1cccc(C#N)c1CO. The number of aliphatic hydroxyl groups is 1. The van der Waals surface area contributed by atoms with Gasteiger partial charge in [-0.05, 0) is 23.6 Å². The minimum atomic E-state index is -0.0487. The van der Waals surface area contributed by atoms with Crippen molar-refractivity contribution >= 4 is 0 Å². The fraction of sp³-hybridized carbons (Fsp3) is 0.300. The molecule has 1 N–H and O–H groups in total. The Labute approximate surface area is 72.1 Å². The van der Waals surface area contributed by atoms with Crippen LogP contribution in [0.2, 0.25) is 0 Å². The average molecular weight is 161 g/mol. The quantitative estimate of drug-likeness (QED) is 0.716. The van der Waals surface area contributed by atoms with Crippen molar-refractivity contribution < 1.29 is 5.11 Å². The molecule has 0 atom stereocenters. The summed E-state index contributed by atoms with van der Waals surface area (Å²) in [6, 6.07) is 7.57. The molecular formula is C10H11NO. The van der Waals surface area contributed by atoms with E-state index in [1.54, 1.807) is 6.07 Å². The number of rotatable bonds is 2. The zero-order valence-corrected chi connectivity index (χ0v) is 7.04. The van der Waals surface area contributed by atoms with Gasteiger partial charge in [0.2, 0.25) is 0 Å². The van der Waals surface area contributed by atoms with Crippen LogP contribution in [-0.2, 0) is 13.0 Å². The number of aryl methyl sites for hydroxylation is 1. The van der Waals surface area contributed by atoms with Crippen LogP contribution in [0.15, 0.2) is 18.2 Å². The minimum absolute atomic E-state index is 0.0487. The van der Waals surface area contributed by atoms with Crippen molar-refractivity contribution in [3.05, 3.63) is 34.9 Å². The van der Waals surface area contributed by atoms with E-state index < -0.39 is 0 Å². The molecule has 12 heavy (non-hydrogen) atoms. The Kier molecular flexibility index (Phi) is 2.84. The number of hydrogen-bond donors (Lipinski definition) is 1. The molecule has 0 radical (unpaired) electrons. The lowest BCUT2D eigenvalue weighted by Crippen LogP contribution is -1.95. The highest BCUT2D eigenvalue weighted by molar-refractivity contribution is 5.42. The van der Waals surface area contributed by atoms with E-state index in [0.717, 1.165) is 17.5 Å². The molecule has 0 saturated carbocycles. The van der Waals surface area contributed by atoms with Gasteiger partial charge in [-0.2, -0.15) is 5.26 Å². The normalized spacial score (nSPS) is 9.42. The maximum Gasteiger partial charge on any atom is 0.0995 e. The Balaban J connectivity index is 3.24. The predicted octanol–water partition coefficient (Wildman–Crippen LogP) is 1.61. The van der Waals surface area contributed by atoms with Crippen molar-refractivity contribution in [1.82, 2.24) is 0 Å². The second-order valence-corrected chi connectivity index (χ2v) is 2.57. The smallest absolute Gasteiger partial charge is 0.0995 e.